The van der Waals surface area contributed by atoms with Crippen LogP contribution in [0, 0.1) is 0 Å². The largest absolute Gasteiger partial charge is 0.497 e. The molecule has 1 aromatic carbocycles. The molecule has 136 valence electrons. The Kier molecular flexibility index (Phi) is 8.17. The van der Waals surface area contributed by atoms with E-state index in [1.54, 1.807) is 12.1 Å². The molecule has 1 unspecified atom stereocenters. The Morgan fingerprint density at radius 3 is 2.33 bits per heavy atom. The van der Waals surface area contributed by atoms with Gasteiger partial charge < -0.3 is 14.8 Å². The molecule has 8 heteroatoms. The molecule has 1 aromatic rings. The summed E-state index contributed by atoms with van der Waals surface area (Å²) in [5.74, 6) is 0.181. The van der Waals surface area contributed by atoms with Crippen LogP contribution in [0.15, 0.2) is 29.2 Å². The summed E-state index contributed by atoms with van der Waals surface area (Å²) >= 11 is 0. The van der Waals surface area contributed by atoms with E-state index in [1.807, 2.05) is 13.8 Å². The summed E-state index contributed by atoms with van der Waals surface area (Å²) in [5, 5.41) is 2.68. The Hall–Kier alpha value is -1.64. The lowest BCUT2D eigenvalue weighted by Gasteiger charge is -2.15. The standard InChI is InChI=1S/C16H26N2O5S/c1-12(2)23-11-5-10-17-16(19)13(3)18-24(20,21)15-8-6-14(22-4)7-9-15/h6-9,12-13,18H,5,10-11H2,1-4H3,(H,17,19). The van der Waals surface area contributed by atoms with Gasteiger partial charge in [0.15, 0.2) is 0 Å². The molecule has 0 saturated carbocycles. The van der Waals surface area contributed by atoms with Crippen LogP contribution in [-0.4, -0.2) is 46.7 Å². The highest BCUT2D eigenvalue weighted by atomic mass is 32.2. The first-order valence-electron chi connectivity index (χ1n) is 7.82. The minimum Gasteiger partial charge on any atom is -0.497 e. The quantitative estimate of drug-likeness (QED) is 0.615. The number of ether oxygens (including phenoxy) is 2. The summed E-state index contributed by atoms with van der Waals surface area (Å²) in [7, 11) is -2.27. The highest BCUT2D eigenvalue weighted by molar-refractivity contribution is 7.89. The SMILES string of the molecule is COc1ccc(S(=O)(=O)NC(C)C(=O)NCCCOC(C)C)cc1. The van der Waals surface area contributed by atoms with Crippen molar-refractivity contribution >= 4 is 15.9 Å². The van der Waals surface area contributed by atoms with E-state index in [0.717, 1.165) is 0 Å². The van der Waals surface area contributed by atoms with Crippen LogP contribution in [0.3, 0.4) is 0 Å². The zero-order chi connectivity index (χ0) is 18.2. The van der Waals surface area contributed by atoms with Crippen LogP contribution in [0.2, 0.25) is 0 Å². The van der Waals surface area contributed by atoms with Gasteiger partial charge in [-0.2, -0.15) is 4.72 Å². The average Bonchev–Trinajstić information content (AvgIpc) is 2.53. The maximum Gasteiger partial charge on any atom is 0.241 e. The van der Waals surface area contributed by atoms with Gasteiger partial charge in [0.1, 0.15) is 5.75 Å². The van der Waals surface area contributed by atoms with Crippen molar-refractivity contribution in [3.63, 3.8) is 0 Å². The van der Waals surface area contributed by atoms with Gasteiger partial charge in [-0.05, 0) is 51.5 Å². The van der Waals surface area contributed by atoms with Gasteiger partial charge in [-0.25, -0.2) is 8.42 Å². The summed E-state index contributed by atoms with van der Waals surface area (Å²) in [4.78, 5) is 12.0. The predicted octanol–water partition coefficient (Wildman–Crippen LogP) is 1.29. The number of benzene rings is 1. The third-order valence-corrected chi connectivity index (χ3v) is 4.72. The Bertz CT molecular complexity index is 614. The van der Waals surface area contributed by atoms with E-state index in [9.17, 15) is 13.2 Å². The number of carbonyl (C=O) groups excluding carboxylic acids is 1. The van der Waals surface area contributed by atoms with Crippen molar-refractivity contribution in [3.05, 3.63) is 24.3 Å². The lowest BCUT2D eigenvalue weighted by Crippen LogP contribution is -2.45. The van der Waals surface area contributed by atoms with Crippen LogP contribution in [-0.2, 0) is 19.6 Å². The Balaban J connectivity index is 2.49. The van der Waals surface area contributed by atoms with Crippen molar-refractivity contribution in [1.82, 2.24) is 10.0 Å². The van der Waals surface area contributed by atoms with Gasteiger partial charge in [0.05, 0.1) is 24.2 Å². The fourth-order valence-corrected chi connectivity index (χ4v) is 3.07. The molecule has 1 rings (SSSR count). The number of rotatable bonds is 10. The summed E-state index contributed by atoms with van der Waals surface area (Å²) in [6.07, 6.45) is 0.818. The third kappa shape index (κ3) is 6.86. The summed E-state index contributed by atoms with van der Waals surface area (Å²) in [6, 6.07) is 5.08. The first kappa shape index (κ1) is 20.4. The number of nitrogens with one attached hydrogen (secondary N) is 2. The Labute approximate surface area is 143 Å². The highest BCUT2D eigenvalue weighted by Crippen LogP contribution is 2.15. The summed E-state index contributed by atoms with van der Waals surface area (Å²) in [6.45, 7) is 6.36. The van der Waals surface area contributed by atoms with Crippen molar-refractivity contribution in [2.45, 2.75) is 44.2 Å². The van der Waals surface area contributed by atoms with Gasteiger partial charge in [0.2, 0.25) is 15.9 Å². The van der Waals surface area contributed by atoms with E-state index in [2.05, 4.69) is 10.0 Å². The van der Waals surface area contributed by atoms with Gasteiger partial charge in [-0.3, -0.25) is 4.79 Å². The minimum absolute atomic E-state index is 0.0771. The van der Waals surface area contributed by atoms with Crippen LogP contribution in [0.1, 0.15) is 27.2 Å². The van der Waals surface area contributed by atoms with Crippen LogP contribution < -0.4 is 14.8 Å². The van der Waals surface area contributed by atoms with E-state index in [4.69, 9.17) is 9.47 Å². The normalized spacial score (nSPS) is 12.9. The number of amides is 1. The lowest BCUT2D eigenvalue weighted by molar-refractivity contribution is -0.122. The molecule has 0 aliphatic heterocycles. The van der Waals surface area contributed by atoms with Gasteiger partial charge in [0, 0.05) is 13.2 Å². The topological polar surface area (TPSA) is 93.7 Å². The van der Waals surface area contributed by atoms with Gasteiger partial charge in [-0.15, -0.1) is 0 Å². The van der Waals surface area contributed by atoms with Crippen molar-refractivity contribution < 1.29 is 22.7 Å². The summed E-state index contributed by atoms with van der Waals surface area (Å²) in [5.41, 5.74) is 0. The van der Waals surface area contributed by atoms with E-state index in [0.29, 0.717) is 25.3 Å². The molecule has 24 heavy (non-hydrogen) atoms. The summed E-state index contributed by atoms with van der Waals surface area (Å²) < 4.78 is 37.2. The Morgan fingerprint density at radius 2 is 1.79 bits per heavy atom. The molecular formula is C16H26N2O5S. The van der Waals surface area contributed by atoms with Crippen LogP contribution >= 0.6 is 0 Å². The van der Waals surface area contributed by atoms with E-state index >= 15 is 0 Å². The molecular weight excluding hydrogens is 332 g/mol. The molecule has 0 heterocycles. The van der Waals surface area contributed by atoms with Crippen molar-refractivity contribution in [2.24, 2.45) is 0 Å². The van der Waals surface area contributed by atoms with E-state index < -0.39 is 16.1 Å². The van der Waals surface area contributed by atoms with Gasteiger partial charge >= 0.3 is 0 Å². The van der Waals surface area contributed by atoms with Crippen molar-refractivity contribution in [3.8, 4) is 5.75 Å². The molecule has 1 amide bonds. The zero-order valence-corrected chi connectivity index (χ0v) is 15.4. The van der Waals surface area contributed by atoms with E-state index in [-0.39, 0.29) is 16.9 Å². The second kappa shape index (κ2) is 9.61. The highest BCUT2D eigenvalue weighted by Gasteiger charge is 2.21. The molecule has 0 aromatic heterocycles. The number of hydrogen-bond donors (Lipinski definition) is 2. The average molecular weight is 358 g/mol. The Morgan fingerprint density at radius 1 is 1.17 bits per heavy atom. The van der Waals surface area contributed by atoms with Crippen LogP contribution in [0.25, 0.3) is 0 Å². The molecule has 0 fully saturated rings. The molecule has 7 nitrogen and oxygen atoms in total. The second-order valence-electron chi connectivity index (χ2n) is 5.58. The number of carbonyl (C=O) groups is 1. The number of methoxy groups -OCH3 is 1. The molecule has 1 atom stereocenters. The van der Waals surface area contributed by atoms with Crippen LogP contribution in [0.5, 0.6) is 5.75 Å². The monoisotopic (exact) mass is 358 g/mol. The minimum atomic E-state index is -3.77. The predicted molar refractivity (Wildman–Crippen MR) is 91.5 cm³/mol. The van der Waals surface area contributed by atoms with Crippen molar-refractivity contribution in [2.75, 3.05) is 20.3 Å². The maximum atomic E-state index is 12.2. The molecule has 0 bridgehead atoms. The fraction of sp³-hybridized carbons (Fsp3) is 0.562. The molecule has 2 N–H and O–H groups in total. The number of hydrogen-bond acceptors (Lipinski definition) is 5. The zero-order valence-electron chi connectivity index (χ0n) is 14.5. The molecule has 0 saturated heterocycles. The van der Waals surface area contributed by atoms with Gasteiger partial charge in [0.25, 0.3) is 0 Å². The molecule has 0 spiro atoms. The van der Waals surface area contributed by atoms with E-state index in [1.165, 1.54) is 26.2 Å². The van der Waals surface area contributed by atoms with Crippen LogP contribution in [0.4, 0.5) is 0 Å². The molecule has 0 radical (unpaired) electrons. The second-order valence-corrected chi connectivity index (χ2v) is 7.30. The smallest absolute Gasteiger partial charge is 0.241 e. The van der Waals surface area contributed by atoms with Crippen molar-refractivity contribution in [1.29, 1.82) is 0 Å². The third-order valence-electron chi connectivity index (χ3n) is 3.17. The first-order chi connectivity index (χ1) is 11.3. The van der Waals surface area contributed by atoms with Gasteiger partial charge in [-0.1, -0.05) is 0 Å². The maximum absolute atomic E-state index is 12.2. The molecule has 0 aliphatic rings. The fourth-order valence-electron chi connectivity index (χ4n) is 1.87. The number of sulfonamides is 1. The lowest BCUT2D eigenvalue weighted by atomic mass is 10.3. The molecule has 0 aliphatic carbocycles. The first-order valence-corrected chi connectivity index (χ1v) is 9.30.